The molecular formula is C25H33N3O4. The van der Waals surface area contributed by atoms with Crippen LogP contribution in [0.2, 0.25) is 0 Å². The molecule has 32 heavy (non-hydrogen) atoms. The number of aliphatic hydroxyl groups excluding tert-OH is 1. The van der Waals surface area contributed by atoms with Crippen LogP contribution in [0.4, 0.5) is 10.5 Å². The molecule has 3 rings (SSSR count). The third kappa shape index (κ3) is 6.29. The number of benzene rings is 1. The number of fused-ring (bicyclic) bond motifs is 4. The highest BCUT2D eigenvalue weighted by atomic mass is 16.6. The number of alkyl carbamates (subject to hydrolysis) is 1. The molecule has 2 amide bonds. The number of nitrogens with zero attached hydrogens (tertiary/aromatic N) is 1. The van der Waals surface area contributed by atoms with Crippen molar-refractivity contribution in [1.29, 1.82) is 0 Å². The summed E-state index contributed by atoms with van der Waals surface area (Å²) >= 11 is 0. The second-order valence-electron chi connectivity index (χ2n) is 9.38. The van der Waals surface area contributed by atoms with Crippen molar-refractivity contribution in [3.8, 4) is 11.1 Å². The molecule has 0 unspecified atom stereocenters. The van der Waals surface area contributed by atoms with Gasteiger partial charge in [0, 0.05) is 23.4 Å². The highest BCUT2D eigenvalue weighted by Gasteiger charge is 2.23. The Morgan fingerprint density at radius 3 is 2.69 bits per heavy atom. The molecule has 1 aliphatic heterocycles. The quantitative estimate of drug-likeness (QED) is 0.614. The zero-order chi connectivity index (χ0) is 23.3. The van der Waals surface area contributed by atoms with Gasteiger partial charge < -0.3 is 20.5 Å². The number of pyridine rings is 1. The number of aromatic nitrogens is 1. The number of hydrogen-bond acceptors (Lipinski definition) is 5. The van der Waals surface area contributed by atoms with Gasteiger partial charge in [0.05, 0.1) is 18.3 Å². The summed E-state index contributed by atoms with van der Waals surface area (Å²) in [5, 5.41) is 15.6. The van der Waals surface area contributed by atoms with Crippen LogP contribution in [0.25, 0.3) is 11.1 Å². The Kier molecular flexibility index (Phi) is 7.51. The van der Waals surface area contributed by atoms with E-state index in [-0.39, 0.29) is 24.5 Å². The highest BCUT2D eigenvalue weighted by molar-refractivity contribution is 5.96. The Morgan fingerprint density at radius 1 is 1.22 bits per heavy atom. The molecular weight excluding hydrogens is 406 g/mol. The van der Waals surface area contributed by atoms with E-state index >= 15 is 0 Å². The Bertz CT molecular complexity index is 968. The molecule has 172 valence electrons. The molecule has 7 nitrogen and oxygen atoms in total. The first-order chi connectivity index (χ1) is 15.2. The largest absolute Gasteiger partial charge is 0.444 e. The third-order valence-electron chi connectivity index (χ3n) is 5.49. The van der Waals surface area contributed by atoms with Crippen LogP contribution >= 0.6 is 0 Å². The number of carbonyl (C=O) groups is 2. The molecule has 0 spiro atoms. The van der Waals surface area contributed by atoms with Crippen molar-refractivity contribution in [3.05, 3.63) is 47.8 Å². The lowest BCUT2D eigenvalue weighted by atomic mass is 9.98. The average molecular weight is 440 g/mol. The van der Waals surface area contributed by atoms with E-state index in [1.165, 1.54) is 0 Å². The van der Waals surface area contributed by atoms with Gasteiger partial charge in [0.2, 0.25) is 5.91 Å². The molecule has 0 radical (unpaired) electrons. The fraction of sp³-hybridized carbons (Fsp3) is 0.480. The summed E-state index contributed by atoms with van der Waals surface area (Å²) in [6.07, 6.45) is 4.36. The van der Waals surface area contributed by atoms with Crippen LogP contribution in [0.5, 0.6) is 0 Å². The van der Waals surface area contributed by atoms with Crippen LogP contribution < -0.4 is 10.6 Å². The van der Waals surface area contributed by atoms with Gasteiger partial charge in [-0.05, 0) is 62.9 Å². The van der Waals surface area contributed by atoms with Gasteiger partial charge in [0.25, 0.3) is 0 Å². The zero-order valence-corrected chi connectivity index (χ0v) is 19.3. The predicted octanol–water partition coefficient (Wildman–Crippen LogP) is 4.96. The van der Waals surface area contributed by atoms with Gasteiger partial charge in [0.1, 0.15) is 5.60 Å². The Hall–Kier alpha value is -2.93. The van der Waals surface area contributed by atoms with Crippen molar-refractivity contribution in [1.82, 2.24) is 10.3 Å². The predicted molar refractivity (Wildman–Crippen MR) is 124 cm³/mol. The fourth-order valence-electron chi connectivity index (χ4n) is 3.78. The first kappa shape index (κ1) is 23.7. The second kappa shape index (κ2) is 10.1. The number of amides is 2. The minimum Gasteiger partial charge on any atom is -0.444 e. The van der Waals surface area contributed by atoms with Crippen molar-refractivity contribution < 1.29 is 19.4 Å². The lowest BCUT2D eigenvalue weighted by Crippen LogP contribution is -2.35. The topological polar surface area (TPSA) is 101 Å². The summed E-state index contributed by atoms with van der Waals surface area (Å²) in [5.41, 5.74) is 3.23. The average Bonchev–Trinajstić information content (AvgIpc) is 2.74. The smallest absolute Gasteiger partial charge is 0.408 e. The summed E-state index contributed by atoms with van der Waals surface area (Å²) < 4.78 is 5.46. The van der Waals surface area contributed by atoms with E-state index in [0.29, 0.717) is 12.1 Å². The summed E-state index contributed by atoms with van der Waals surface area (Å²) in [6.45, 7) is 7.31. The van der Waals surface area contributed by atoms with Gasteiger partial charge in [-0.15, -0.1) is 0 Å². The minimum absolute atomic E-state index is 0.0432. The van der Waals surface area contributed by atoms with Crippen molar-refractivity contribution >= 4 is 17.7 Å². The summed E-state index contributed by atoms with van der Waals surface area (Å²) in [7, 11) is 0. The van der Waals surface area contributed by atoms with Crippen LogP contribution in [-0.2, 0) is 16.1 Å². The molecule has 3 N–H and O–H groups in total. The summed E-state index contributed by atoms with van der Waals surface area (Å²) in [5.74, 6) is -0.196. The van der Waals surface area contributed by atoms with E-state index < -0.39 is 11.7 Å². The van der Waals surface area contributed by atoms with Crippen LogP contribution in [0.15, 0.2) is 36.5 Å². The molecule has 1 aromatic heterocycles. The molecule has 2 aromatic rings. The molecule has 0 fully saturated rings. The maximum atomic E-state index is 12.8. The Labute approximate surface area is 189 Å². The van der Waals surface area contributed by atoms with E-state index in [2.05, 4.69) is 15.6 Å². The molecule has 2 heterocycles. The number of hydrogen-bond donors (Lipinski definition) is 3. The first-order valence-electron chi connectivity index (χ1n) is 11.2. The van der Waals surface area contributed by atoms with Gasteiger partial charge in [-0.25, -0.2) is 4.79 Å². The molecule has 2 atom stereocenters. The molecule has 1 aromatic carbocycles. The Morgan fingerprint density at radius 2 is 1.97 bits per heavy atom. The molecule has 1 aliphatic rings. The molecule has 0 saturated carbocycles. The molecule has 0 saturated heterocycles. The minimum atomic E-state index is -0.590. The van der Waals surface area contributed by atoms with Crippen LogP contribution in [0.3, 0.4) is 0 Å². The number of anilines is 1. The van der Waals surface area contributed by atoms with Crippen LogP contribution in [0, 0.1) is 5.92 Å². The van der Waals surface area contributed by atoms with Gasteiger partial charge in [-0.2, -0.15) is 0 Å². The third-order valence-corrected chi connectivity index (χ3v) is 5.49. The van der Waals surface area contributed by atoms with Gasteiger partial charge in [-0.3, -0.25) is 9.78 Å². The highest BCUT2D eigenvalue weighted by Crippen LogP contribution is 2.32. The van der Waals surface area contributed by atoms with Gasteiger partial charge in [0.15, 0.2) is 0 Å². The maximum Gasteiger partial charge on any atom is 0.408 e. The first-order valence-corrected chi connectivity index (χ1v) is 11.2. The lowest BCUT2D eigenvalue weighted by Gasteiger charge is -2.24. The number of ether oxygens (including phenoxy) is 1. The van der Waals surface area contributed by atoms with Gasteiger partial charge in [-0.1, -0.05) is 31.9 Å². The zero-order valence-electron chi connectivity index (χ0n) is 19.3. The van der Waals surface area contributed by atoms with Gasteiger partial charge >= 0.3 is 6.09 Å². The van der Waals surface area contributed by atoms with Crippen LogP contribution in [0.1, 0.15) is 70.7 Å². The second-order valence-corrected chi connectivity index (χ2v) is 9.38. The van der Waals surface area contributed by atoms with Crippen molar-refractivity contribution in [3.63, 3.8) is 0 Å². The van der Waals surface area contributed by atoms with Crippen molar-refractivity contribution in [2.45, 2.75) is 71.6 Å². The van der Waals surface area contributed by atoms with E-state index in [1.807, 2.05) is 52.0 Å². The van der Waals surface area contributed by atoms with E-state index in [0.717, 1.165) is 41.6 Å². The maximum absolute atomic E-state index is 12.8. The summed E-state index contributed by atoms with van der Waals surface area (Å²) in [6, 6.07) is 9.04. The number of rotatable bonds is 2. The summed E-state index contributed by atoms with van der Waals surface area (Å²) in [4.78, 5) is 29.8. The monoisotopic (exact) mass is 439 g/mol. The number of nitrogens with one attached hydrogen (secondary N) is 2. The molecule has 2 bridgehead atoms. The van der Waals surface area contributed by atoms with Crippen LogP contribution in [-0.4, -0.2) is 27.7 Å². The van der Waals surface area contributed by atoms with Crippen molar-refractivity contribution in [2.24, 2.45) is 5.92 Å². The SMILES string of the molecule is C[C@@H]1CCCC[C@H](NC(=O)OC(C)(C)C)c2cc(ccn2)-c2ccc(CO)cc2NC1=O. The number of aliphatic hydroxyl groups is 1. The van der Waals surface area contributed by atoms with Crippen molar-refractivity contribution in [2.75, 3.05) is 5.32 Å². The van der Waals surface area contributed by atoms with E-state index in [9.17, 15) is 14.7 Å². The number of carbonyl (C=O) groups excluding carboxylic acids is 2. The molecule has 0 aliphatic carbocycles. The lowest BCUT2D eigenvalue weighted by molar-refractivity contribution is -0.119. The molecule has 7 heteroatoms. The standard InChI is InChI=1S/C25H33N3O4/c1-16-7-5-6-8-20(28-24(31)32-25(2,3)4)22-14-18(11-12-26-22)19-10-9-17(15-29)13-21(19)27-23(16)30/h9-14,16,20,29H,5-8,15H2,1-4H3,(H,27,30)(H,28,31)/t16-,20+/m1/s1. The van der Waals surface area contributed by atoms with E-state index in [4.69, 9.17) is 4.74 Å². The van der Waals surface area contributed by atoms with E-state index in [1.54, 1.807) is 12.3 Å². The Balaban J connectivity index is 2.00. The normalized spacial score (nSPS) is 19.5. The fourth-order valence-corrected chi connectivity index (χ4v) is 3.78.